The van der Waals surface area contributed by atoms with Gasteiger partial charge in [0.25, 0.3) is 0 Å². The Labute approximate surface area is 356 Å². The molecule has 3 aromatic heterocycles. The maximum atomic E-state index is 5.19. The quantitative estimate of drug-likeness (QED) is 0.163. The van der Waals surface area contributed by atoms with E-state index in [9.17, 15) is 0 Å². The molecule has 10 aromatic carbocycles. The third-order valence-electron chi connectivity index (χ3n) is 12.6. The van der Waals surface area contributed by atoms with Crippen LogP contribution in [-0.2, 0) is 0 Å². The third-order valence-corrected chi connectivity index (χ3v) is 12.6. The van der Waals surface area contributed by atoms with Crippen molar-refractivity contribution in [2.45, 2.75) is 0 Å². The summed E-state index contributed by atoms with van der Waals surface area (Å²) in [7, 11) is 0. The first-order chi connectivity index (χ1) is 30.8. The fraction of sp³-hybridized carbons (Fsp3) is 0. The highest BCUT2D eigenvalue weighted by atomic mass is 15.2. The number of hydrogen-bond donors (Lipinski definition) is 0. The maximum Gasteiger partial charge on any atom is 0.238 e. The molecule has 0 fully saturated rings. The van der Waals surface area contributed by atoms with Gasteiger partial charge in [0.05, 0.1) is 22.1 Å². The van der Waals surface area contributed by atoms with Crippen molar-refractivity contribution in [1.82, 2.24) is 24.1 Å². The largest absolute Gasteiger partial charge is 0.309 e. The first-order valence-corrected chi connectivity index (χ1v) is 21.0. The monoisotopic (exact) mass is 789 g/mol. The van der Waals surface area contributed by atoms with Gasteiger partial charge in [-0.15, -0.1) is 0 Å². The van der Waals surface area contributed by atoms with Crippen molar-refractivity contribution in [2.75, 3.05) is 0 Å². The van der Waals surface area contributed by atoms with E-state index in [1.54, 1.807) is 0 Å². The van der Waals surface area contributed by atoms with Crippen LogP contribution in [0.5, 0.6) is 0 Å². The predicted octanol–water partition coefficient (Wildman–Crippen LogP) is 14.5. The van der Waals surface area contributed by atoms with Gasteiger partial charge in [0.1, 0.15) is 0 Å². The highest BCUT2D eigenvalue weighted by Gasteiger charge is 2.21. The van der Waals surface area contributed by atoms with E-state index in [2.05, 4.69) is 185 Å². The third kappa shape index (κ3) is 5.18. The van der Waals surface area contributed by atoms with Gasteiger partial charge < -0.3 is 4.57 Å². The normalized spacial score (nSPS) is 11.9. The molecule has 0 aliphatic rings. The van der Waals surface area contributed by atoms with Crippen LogP contribution in [0.15, 0.2) is 212 Å². The van der Waals surface area contributed by atoms with Gasteiger partial charge in [0.2, 0.25) is 5.95 Å². The summed E-state index contributed by atoms with van der Waals surface area (Å²) < 4.78 is 4.62. The molecule has 5 heteroatoms. The summed E-state index contributed by atoms with van der Waals surface area (Å²) in [5.74, 6) is 1.84. The van der Waals surface area contributed by atoms with Gasteiger partial charge in [0, 0.05) is 38.4 Å². The van der Waals surface area contributed by atoms with Crippen molar-refractivity contribution in [3.8, 4) is 45.5 Å². The number of aromatic nitrogens is 5. The number of nitrogens with zero attached hydrogens (tertiary/aromatic N) is 5. The van der Waals surface area contributed by atoms with E-state index in [-0.39, 0.29) is 0 Å². The van der Waals surface area contributed by atoms with Crippen LogP contribution >= 0.6 is 0 Å². The van der Waals surface area contributed by atoms with Gasteiger partial charge in [-0.3, -0.25) is 4.57 Å². The van der Waals surface area contributed by atoms with Crippen molar-refractivity contribution in [3.05, 3.63) is 212 Å². The van der Waals surface area contributed by atoms with Crippen LogP contribution in [0.2, 0.25) is 0 Å². The zero-order valence-corrected chi connectivity index (χ0v) is 33.4. The molecule has 0 aliphatic carbocycles. The lowest BCUT2D eigenvalue weighted by Gasteiger charge is -2.15. The average Bonchev–Trinajstić information content (AvgIpc) is 3.85. The molecule has 13 rings (SSSR count). The summed E-state index contributed by atoms with van der Waals surface area (Å²) in [6, 6.07) is 75.8. The molecule has 5 nitrogen and oxygen atoms in total. The minimum absolute atomic E-state index is 0.580. The highest BCUT2D eigenvalue weighted by molar-refractivity contribution is 6.28. The Balaban J connectivity index is 1.02. The number of fused-ring (bicyclic) bond motifs is 12. The topological polar surface area (TPSA) is 48.5 Å². The lowest BCUT2D eigenvalue weighted by Crippen LogP contribution is -2.06. The minimum Gasteiger partial charge on any atom is -0.309 e. The maximum absolute atomic E-state index is 5.19. The fourth-order valence-electron chi connectivity index (χ4n) is 9.81. The van der Waals surface area contributed by atoms with Crippen LogP contribution in [-0.4, -0.2) is 24.1 Å². The summed E-state index contributed by atoms with van der Waals surface area (Å²) in [6.07, 6.45) is 0. The van der Waals surface area contributed by atoms with E-state index in [1.165, 1.54) is 48.8 Å². The summed E-state index contributed by atoms with van der Waals surface area (Å²) in [5.41, 5.74) is 9.77. The van der Waals surface area contributed by atoms with Gasteiger partial charge >= 0.3 is 0 Å². The van der Waals surface area contributed by atoms with Gasteiger partial charge in [-0.2, -0.15) is 9.97 Å². The molecular formula is C57H35N5. The Morgan fingerprint density at radius 1 is 0.274 bits per heavy atom. The molecule has 0 bridgehead atoms. The Bertz CT molecular complexity index is 3800. The summed E-state index contributed by atoms with van der Waals surface area (Å²) >= 11 is 0. The van der Waals surface area contributed by atoms with Crippen molar-refractivity contribution in [3.63, 3.8) is 0 Å². The molecule has 0 atom stereocenters. The Kier molecular flexibility index (Phi) is 7.54. The van der Waals surface area contributed by atoms with E-state index >= 15 is 0 Å². The van der Waals surface area contributed by atoms with Crippen molar-refractivity contribution >= 4 is 75.9 Å². The van der Waals surface area contributed by atoms with E-state index in [0.29, 0.717) is 17.6 Å². The smallest absolute Gasteiger partial charge is 0.238 e. The fourth-order valence-corrected chi connectivity index (χ4v) is 9.81. The van der Waals surface area contributed by atoms with Crippen LogP contribution in [0.4, 0.5) is 0 Å². The Morgan fingerprint density at radius 2 is 0.710 bits per heavy atom. The first kappa shape index (κ1) is 34.5. The summed E-state index contributed by atoms with van der Waals surface area (Å²) in [6.45, 7) is 0. The zero-order chi connectivity index (χ0) is 40.7. The molecule has 0 amide bonds. The predicted molar refractivity (Wildman–Crippen MR) is 257 cm³/mol. The molecule has 0 saturated heterocycles. The minimum atomic E-state index is 0.580. The molecule has 13 aromatic rings. The van der Waals surface area contributed by atoms with Crippen molar-refractivity contribution in [1.29, 1.82) is 0 Å². The molecule has 3 heterocycles. The summed E-state index contributed by atoms with van der Waals surface area (Å²) in [5, 5.41) is 12.3. The lowest BCUT2D eigenvalue weighted by atomic mass is 9.89. The van der Waals surface area contributed by atoms with Crippen molar-refractivity contribution < 1.29 is 0 Å². The number of rotatable bonds is 5. The van der Waals surface area contributed by atoms with Crippen molar-refractivity contribution in [2.24, 2.45) is 0 Å². The first-order valence-electron chi connectivity index (χ1n) is 21.0. The van der Waals surface area contributed by atoms with Crippen LogP contribution in [0, 0.1) is 0 Å². The van der Waals surface area contributed by atoms with Gasteiger partial charge in [0.15, 0.2) is 11.6 Å². The lowest BCUT2D eigenvalue weighted by molar-refractivity contribution is 0.954. The van der Waals surface area contributed by atoms with Crippen LogP contribution < -0.4 is 0 Å². The van der Waals surface area contributed by atoms with E-state index in [0.717, 1.165) is 55.0 Å². The molecule has 0 unspecified atom stereocenters. The molecule has 62 heavy (non-hydrogen) atoms. The second-order valence-electron chi connectivity index (χ2n) is 16.0. The van der Waals surface area contributed by atoms with E-state index in [1.807, 2.05) is 36.4 Å². The molecule has 0 N–H and O–H groups in total. The van der Waals surface area contributed by atoms with Crippen LogP contribution in [0.1, 0.15) is 0 Å². The number of benzene rings is 10. The Morgan fingerprint density at radius 3 is 1.27 bits per heavy atom. The van der Waals surface area contributed by atoms with Gasteiger partial charge in [-0.1, -0.05) is 176 Å². The van der Waals surface area contributed by atoms with Crippen LogP contribution in [0.3, 0.4) is 0 Å². The molecule has 0 radical (unpaired) electrons. The van der Waals surface area contributed by atoms with Gasteiger partial charge in [-0.05, 0) is 79.8 Å². The van der Waals surface area contributed by atoms with E-state index in [4.69, 9.17) is 15.0 Å². The molecule has 288 valence electrons. The second-order valence-corrected chi connectivity index (χ2v) is 16.0. The van der Waals surface area contributed by atoms with Gasteiger partial charge in [-0.25, -0.2) is 4.98 Å². The SMILES string of the molecule is c1ccc(-c2nc(-c3ccccc3)nc(-n3c4ccccc4c4cc5c(cc43)c3ccccc3n5-c3ccc(-c4cccc5c6ccccc6c6ccccc6c45)cc3)n2)cc1. The number of hydrogen-bond acceptors (Lipinski definition) is 3. The standard InChI is InChI=1S/C57H35N5/c1-3-16-37(17-4-1)55-58-56(38-18-5-2-6-19-38)60-57(59-55)62-51-29-14-12-24-45(51)49-34-52-48(35-53(49)62)44-23-11-13-28-50(44)61(52)39-32-30-36(31-33-39)40-26-15-27-47-43-21-8-7-20-41(43)42-22-9-10-25-46(42)54(40)47/h1-35H. The molecule has 0 saturated carbocycles. The van der Waals surface area contributed by atoms with Crippen LogP contribution in [0.25, 0.3) is 121 Å². The molecule has 0 aliphatic heterocycles. The van der Waals surface area contributed by atoms with E-state index < -0.39 is 0 Å². The molecular weight excluding hydrogens is 755 g/mol. The molecule has 0 spiro atoms. The number of para-hydroxylation sites is 2. The zero-order valence-electron chi connectivity index (χ0n) is 33.4. The highest BCUT2D eigenvalue weighted by Crippen LogP contribution is 2.42. The summed E-state index contributed by atoms with van der Waals surface area (Å²) in [4.78, 5) is 15.4. The second kappa shape index (κ2) is 13.6. The average molecular weight is 790 g/mol. The Hall–Kier alpha value is -8.41.